The molecule has 0 N–H and O–H groups in total. The number of nitriles is 1. The van der Waals surface area contributed by atoms with Gasteiger partial charge in [-0.1, -0.05) is 52.2 Å². The number of nitrogens with zero attached hydrogens (tertiary/aromatic N) is 1. The van der Waals surface area contributed by atoms with Crippen LogP contribution >= 0.6 is 0 Å². The summed E-state index contributed by atoms with van der Waals surface area (Å²) in [6.45, 7) is 7.63. The van der Waals surface area contributed by atoms with E-state index in [-0.39, 0.29) is 23.8 Å². The Labute approximate surface area is 157 Å². The zero-order chi connectivity index (χ0) is 19.6. The molecule has 0 saturated carbocycles. The molecule has 0 amide bonds. The van der Waals surface area contributed by atoms with E-state index in [1.165, 1.54) is 19.1 Å². The second kappa shape index (κ2) is 11.0. The fourth-order valence-corrected chi connectivity index (χ4v) is 3.94. The topological polar surface area (TPSA) is 50.1 Å². The van der Waals surface area contributed by atoms with Crippen molar-refractivity contribution in [3.8, 4) is 6.07 Å². The van der Waals surface area contributed by atoms with E-state index in [4.69, 9.17) is 4.74 Å². The summed E-state index contributed by atoms with van der Waals surface area (Å²) in [4.78, 5) is 11.5. The van der Waals surface area contributed by atoms with E-state index in [9.17, 15) is 14.4 Å². The van der Waals surface area contributed by atoms with Gasteiger partial charge in [0.25, 0.3) is 0 Å². The molecule has 1 unspecified atom stereocenters. The van der Waals surface area contributed by atoms with Gasteiger partial charge in [0.2, 0.25) is 0 Å². The SMILES string of the molecule is CCCC(CCC)C(C#N)(C[C@H](CCC)OC(C)=O)c1cccc(F)c1. The molecule has 0 radical (unpaired) electrons. The molecule has 1 rings (SSSR count). The van der Waals surface area contributed by atoms with Gasteiger partial charge >= 0.3 is 5.97 Å². The molecule has 0 aliphatic carbocycles. The van der Waals surface area contributed by atoms with Gasteiger partial charge in [0.1, 0.15) is 11.9 Å². The van der Waals surface area contributed by atoms with E-state index in [2.05, 4.69) is 19.9 Å². The molecule has 0 aromatic heterocycles. The summed E-state index contributed by atoms with van der Waals surface area (Å²) >= 11 is 0. The Bertz CT molecular complexity index is 604. The number of carbonyl (C=O) groups is 1. The van der Waals surface area contributed by atoms with Crippen LogP contribution in [0.25, 0.3) is 0 Å². The number of ether oxygens (including phenoxy) is 1. The third-order valence-electron chi connectivity index (χ3n) is 5.00. The number of benzene rings is 1. The van der Waals surface area contributed by atoms with Crippen LogP contribution < -0.4 is 0 Å². The van der Waals surface area contributed by atoms with Gasteiger partial charge in [-0.2, -0.15) is 5.26 Å². The molecule has 26 heavy (non-hydrogen) atoms. The van der Waals surface area contributed by atoms with Gasteiger partial charge in [-0.05, 0) is 42.9 Å². The maximum absolute atomic E-state index is 14.0. The average Bonchev–Trinajstić information content (AvgIpc) is 2.59. The molecule has 0 heterocycles. The van der Waals surface area contributed by atoms with Crippen LogP contribution in [0.5, 0.6) is 0 Å². The molecule has 0 saturated heterocycles. The Hall–Kier alpha value is -1.89. The lowest BCUT2D eigenvalue weighted by atomic mass is 9.64. The molecule has 1 aromatic carbocycles. The van der Waals surface area contributed by atoms with Crippen LogP contribution in [0.2, 0.25) is 0 Å². The first-order valence-electron chi connectivity index (χ1n) is 9.77. The summed E-state index contributed by atoms with van der Waals surface area (Å²) in [7, 11) is 0. The van der Waals surface area contributed by atoms with Crippen molar-refractivity contribution in [2.75, 3.05) is 0 Å². The van der Waals surface area contributed by atoms with E-state index in [0.29, 0.717) is 18.4 Å². The van der Waals surface area contributed by atoms with Crippen molar-refractivity contribution in [2.24, 2.45) is 5.92 Å². The number of carbonyl (C=O) groups excluding carboxylic acids is 1. The lowest BCUT2D eigenvalue weighted by Gasteiger charge is -2.38. The van der Waals surface area contributed by atoms with Crippen LogP contribution in [0.4, 0.5) is 4.39 Å². The molecule has 0 aliphatic rings. The molecule has 2 atom stereocenters. The van der Waals surface area contributed by atoms with Crippen molar-refractivity contribution >= 4 is 5.97 Å². The number of hydrogen-bond acceptors (Lipinski definition) is 3. The number of hydrogen-bond donors (Lipinski definition) is 0. The van der Waals surface area contributed by atoms with Crippen LogP contribution in [0.15, 0.2) is 24.3 Å². The quantitative estimate of drug-likeness (QED) is 0.459. The van der Waals surface area contributed by atoms with Crippen molar-refractivity contribution in [2.45, 2.75) is 84.2 Å². The molecular weight excluding hydrogens is 329 g/mol. The second-order valence-corrected chi connectivity index (χ2v) is 7.09. The van der Waals surface area contributed by atoms with Gasteiger partial charge in [0.05, 0.1) is 11.5 Å². The minimum absolute atomic E-state index is 0.0965. The molecule has 0 fully saturated rings. The van der Waals surface area contributed by atoms with Crippen LogP contribution in [0, 0.1) is 23.1 Å². The maximum Gasteiger partial charge on any atom is 0.302 e. The number of rotatable bonds is 11. The van der Waals surface area contributed by atoms with Crippen LogP contribution in [-0.4, -0.2) is 12.1 Å². The van der Waals surface area contributed by atoms with E-state index in [1.54, 1.807) is 6.07 Å². The lowest BCUT2D eigenvalue weighted by Crippen LogP contribution is -2.39. The molecule has 4 heteroatoms. The molecule has 3 nitrogen and oxygen atoms in total. The molecule has 1 aromatic rings. The highest BCUT2D eigenvalue weighted by Gasteiger charge is 2.42. The minimum Gasteiger partial charge on any atom is -0.462 e. The summed E-state index contributed by atoms with van der Waals surface area (Å²) in [5.41, 5.74) is -0.163. The lowest BCUT2D eigenvalue weighted by molar-refractivity contribution is -0.147. The summed E-state index contributed by atoms with van der Waals surface area (Å²) in [6.07, 6.45) is 5.30. The second-order valence-electron chi connectivity index (χ2n) is 7.09. The summed E-state index contributed by atoms with van der Waals surface area (Å²) in [5, 5.41) is 10.3. The van der Waals surface area contributed by atoms with Crippen molar-refractivity contribution in [1.29, 1.82) is 5.26 Å². The highest BCUT2D eigenvalue weighted by atomic mass is 19.1. The van der Waals surface area contributed by atoms with E-state index >= 15 is 0 Å². The molecule has 0 spiro atoms. The van der Waals surface area contributed by atoms with Gasteiger partial charge in [-0.15, -0.1) is 0 Å². The normalized spacial score (nSPS) is 14.5. The van der Waals surface area contributed by atoms with Crippen LogP contribution in [-0.2, 0) is 14.9 Å². The van der Waals surface area contributed by atoms with Crippen molar-refractivity contribution < 1.29 is 13.9 Å². The summed E-state index contributed by atoms with van der Waals surface area (Å²) in [5.74, 6) is -0.579. The number of halogens is 1. The molecular formula is C22H32FNO2. The Morgan fingerprint density at radius 2 is 1.81 bits per heavy atom. The Morgan fingerprint density at radius 1 is 1.19 bits per heavy atom. The Morgan fingerprint density at radius 3 is 2.27 bits per heavy atom. The first-order valence-corrected chi connectivity index (χ1v) is 9.77. The van der Waals surface area contributed by atoms with Crippen LogP contribution in [0.1, 0.15) is 78.2 Å². The Balaban J connectivity index is 3.42. The highest BCUT2D eigenvalue weighted by Crippen LogP contribution is 2.42. The van der Waals surface area contributed by atoms with E-state index in [0.717, 1.165) is 32.1 Å². The van der Waals surface area contributed by atoms with Gasteiger partial charge in [-0.25, -0.2) is 4.39 Å². The fourth-order valence-electron chi connectivity index (χ4n) is 3.94. The zero-order valence-corrected chi connectivity index (χ0v) is 16.6. The van der Waals surface area contributed by atoms with Crippen molar-refractivity contribution in [3.05, 3.63) is 35.6 Å². The standard InChI is InChI=1S/C22H32FNO2/c1-5-9-18(10-6-2)22(16-24,19-12-8-13-20(23)14-19)15-21(11-7-3)26-17(4)25/h8,12-14,18,21H,5-7,9-11,15H2,1-4H3/t21-,22?/m0/s1. The Kier molecular flexibility index (Phi) is 9.34. The van der Waals surface area contributed by atoms with Gasteiger partial charge in [0, 0.05) is 13.3 Å². The van der Waals surface area contributed by atoms with Crippen molar-refractivity contribution in [1.82, 2.24) is 0 Å². The summed E-state index contributed by atoms with van der Waals surface area (Å²) < 4.78 is 19.5. The zero-order valence-electron chi connectivity index (χ0n) is 16.6. The smallest absolute Gasteiger partial charge is 0.302 e. The first kappa shape index (κ1) is 22.2. The maximum atomic E-state index is 14.0. The fraction of sp³-hybridized carbons (Fsp3) is 0.636. The predicted molar refractivity (Wildman–Crippen MR) is 102 cm³/mol. The van der Waals surface area contributed by atoms with Gasteiger partial charge in [0.15, 0.2) is 0 Å². The largest absolute Gasteiger partial charge is 0.462 e. The minimum atomic E-state index is -0.858. The third kappa shape index (κ3) is 5.83. The predicted octanol–water partition coefficient (Wildman–Crippen LogP) is 5.93. The van der Waals surface area contributed by atoms with Gasteiger partial charge < -0.3 is 4.74 Å². The average molecular weight is 362 g/mol. The molecule has 144 valence electrons. The monoisotopic (exact) mass is 361 g/mol. The van der Waals surface area contributed by atoms with E-state index in [1.807, 2.05) is 13.0 Å². The first-order chi connectivity index (χ1) is 12.4. The third-order valence-corrected chi connectivity index (χ3v) is 5.00. The molecule has 0 aliphatic heterocycles. The highest BCUT2D eigenvalue weighted by molar-refractivity contribution is 5.66. The molecule has 0 bridgehead atoms. The van der Waals surface area contributed by atoms with Crippen LogP contribution in [0.3, 0.4) is 0 Å². The van der Waals surface area contributed by atoms with E-state index < -0.39 is 5.41 Å². The number of esters is 1. The summed E-state index contributed by atoms with van der Waals surface area (Å²) in [6, 6.07) is 8.90. The van der Waals surface area contributed by atoms with Crippen molar-refractivity contribution in [3.63, 3.8) is 0 Å². The van der Waals surface area contributed by atoms with Gasteiger partial charge in [-0.3, -0.25) is 4.79 Å².